The summed E-state index contributed by atoms with van der Waals surface area (Å²) < 4.78 is 0. The maximum absolute atomic E-state index is 12.8. The first-order valence-electron chi connectivity index (χ1n) is 11.4. The van der Waals surface area contributed by atoms with Gasteiger partial charge in [0.2, 0.25) is 17.7 Å². The number of aliphatic imine (C=N–C) groups is 2. The molecular formula is C20H36N12O5. The summed E-state index contributed by atoms with van der Waals surface area (Å²) in [6.45, 7) is -0.0251. The lowest BCUT2D eigenvalue weighted by Gasteiger charge is -2.20. The van der Waals surface area contributed by atoms with Gasteiger partial charge in [0.25, 0.3) is 0 Å². The number of aliphatic carboxylic acids is 1. The van der Waals surface area contributed by atoms with E-state index in [2.05, 4.69) is 35.9 Å². The van der Waals surface area contributed by atoms with Crippen molar-refractivity contribution in [3.63, 3.8) is 0 Å². The third-order valence-electron chi connectivity index (χ3n) is 4.92. The summed E-state index contributed by atoms with van der Waals surface area (Å²) in [5, 5.41) is 16.6. The average Bonchev–Trinajstić information content (AvgIpc) is 3.34. The topological polar surface area (TPSA) is 308 Å². The van der Waals surface area contributed by atoms with Crippen molar-refractivity contribution >= 4 is 35.6 Å². The number of imidazole rings is 1. The van der Waals surface area contributed by atoms with Gasteiger partial charge in [0, 0.05) is 31.4 Å². The highest BCUT2D eigenvalue weighted by Crippen LogP contribution is 2.02. The van der Waals surface area contributed by atoms with Gasteiger partial charge in [-0.05, 0) is 25.7 Å². The quantitative estimate of drug-likeness (QED) is 0.0526. The summed E-state index contributed by atoms with van der Waals surface area (Å²) in [6, 6.07) is -3.21. The maximum atomic E-state index is 12.8. The van der Waals surface area contributed by atoms with Gasteiger partial charge in [-0.15, -0.1) is 0 Å². The Morgan fingerprint density at radius 3 is 2.11 bits per heavy atom. The van der Waals surface area contributed by atoms with Crippen molar-refractivity contribution in [2.24, 2.45) is 38.7 Å². The van der Waals surface area contributed by atoms with Crippen LogP contribution in [0.4, 0.5) is 0 Å². The summed E-state index contributed by atoms with van der Waals surface area (Å²) >= 11 is 0. The Morgan fingerprint density at radius 2 is 1.57 bits per heavy atom. The Bertz CT molecular complexity index is 942. The Morgan fingerprint density at radius 1 is 0.946 bits per heavy atom. The number of nitrogens with two attached hydrogens (primary N) is 5. The molecule has 37 heavy (non-hydrogen) atoms. The number of nitrogens with zero attached hydrogens (tertiary/aromatic N) is 3. The van der Waals surface area contributed by atoms with E-state index in [1.165, 1.54) is 12.5 Å². The molecule has 1 aromatic heterocycles. The Labute approximate surface area is 213 Å². The summed E-state index contributed by atoms with van der Waals surface area (Å²) in [5.41, 5.74) is 27.4. The molecular weight excluding hydrogens is 488 g/mol. The Kier molecular flexibility index (Phi) is 13.5. The molecule has 3 atom stereocenters. The number of nitrogens with one attached hydrogen (secondary N) is 4. The van der Waals surface area contributed by atoms with Crippen molar-refractivity contribution in [3.8, 4) is 0 Å². The molecule has 0 bridgehead atoms. The smallest absolute Gasteiger partial charge is 0.326 e. The average molecular weight is 525 g/mol. The van der Waals surface area contributed by atoms with Gasteiger partial charge in [0.05, 0.1) is 18.9 Å². The van der Waals surface area contributed by atoms with Gasteiger partial charge >= 0.3 is 5.97 Å². The van der Waals surface area contributed by atoms with Crippen molar-refractivity contribution in [2.75, 3.05) is 19.6 Å². The molecule has 1 aromatic rings. The number of carboxylic acid groups (broad SMARTS) is 1. The van der Waals surface area contributed by atoms with E-state index in [9.17, 15) is 24.3 Å². The number of guanidine groups is 2. The molecule has 206 valence electrons. The molecule has 15 N–H and O–H groups in total. The van der Waals surface area contributed by atoms with Gasteiger partial charge in [-0.2, -0.15) is 0 Å². The van der Waals surface area contributed by atoms with Crippen LogP contribution < -0.4 is 44.6 Å². The second kappa shape index (κ2) is 16.3. The standard InChI is InChI=1S/C20H36N12O5/c21-12(3-1-5-27-19(22)23)16(34)32-14(7-11-8-26-10-30-11)17(35)29-9-15(33)31-13(18(36)37)4-2-6-28-20(24)25/h8,10,12-14H,1-7,9,21H2,(H,26,30)(H,29,35)(H,31,33)(H,32,34)(H,36,37)(H4,22,23,27)(H4,24,25,28). The highest BCUT2D eigenvalue weighted by Gasteiger charge is 2.26. The monoisotopic (exact) mass is 524 g/mol. The molecule has 0 aliphatic heterocycles. The number of rotatable bonds is 17. The number of H-pyrrole nitrogens is 1. The van der Waals surface area contributed by atoms with Crippen LogP contribution >= 0.6 is 0 Å². The number of carboxylic acids is 1. The molecule has 0 saturated heterocycles. The first kappa shape index (κ1) is 30.6. The van der Waals surface area contributed by atoms with Crippen LogP contribution in [0.2, 0.25) is 0 Å². The lowest BCUT2D eigenvalue weighted by molar-refractivity contribution is -0.142. The molecule has 0 spiro atoms. The fraction of sp³-hybridized carbons (Fsp3) is 0.550. The Hall–Kier alpha value is -4.41. The minimum absolute atomic E-state index is 0.0441. The minimum atomic E-state index is -1.25. The zero-order valence-corrected chi connectivity index (χ0v) is 20.4. The van der Waals surface area contributed by atoms with Crippen molar-refractivity contribution in [3.05, 3.63) is 18.2 Å². The van der Waals surface area contributed by atoms with Crippen LogP contribution in [0.25, 0.3) is 0 Å². The van der Waals surface area contributed by atoms with E-state index in [0.717, 1.165) is 0 Å². The number of aromatic nitrogens is 2. The van der Waals surface area contributed by atoms with Gasteiger partial charge in [-0.25, -0.2) is 9.78 Å². The van der Waals surface area contributed by atoms with Crippen molar-refractivity contribution < 1.29 is 24.3 Å². The lowest BCUT2D eigenvalue weighted by Crippen LogP contribution is -2.54. The summed E-state index contributed by atoms with van der Waals surface area (Å²) in [6.07, 6.45) is 4.03. The van der Waals surface area contributed by atoms with Gasteiger partial charge in [-0.3, -0.25) is 24.4 Å². The molecule has 0 aromatic carbocycles. The van der Waals surface area contributed by atoms with Crippen LogP contribution in [0.1, 0.15) is 31.4 Å². The molecule has 1 rings (SSSR count). The van der Waals surface area contributed by atoms with Crippen molar-refractivity contribution in [1.82, 2.24) is 25.9 Å². The van der Waals surface area contributed by atoms with E-state index in [4.69, 9.17) is 28.7 Å². The first-order chi connectivity index (χ1) is 17.5. The molecule has 0 saturated carbocycles. The van der Waals surface area contributed by atoms with Crippen molar-refractivity contribution in [2.45, 2.75) is 50.2 Å². The van der Waals surface area contributed by atoms with Gasteiger partial charge in [0.15, 0.2) is 11.9 Å². The molecule has 0 aliphatic carbocycles. The molecule has 17 nitrogen and oxygen atoms in total. The zero-order valence-electron chi connectivity index (χ0n) is 20.4. The molecule has 3 amide bonds. The van der Waals surface area contributed by atoms with E-state index >= 15 is 0 Å². The van der Waals surface area contributed by atoms with Crippen LogP contribution in [0.3, 0.4) is 0 Å². The lowest BCUT2D eigenvalue weighted by atomic mass is 10.1. The van der Waals surface area contributed by atoms with Gasteiger partial charge in [0.1, 0.15) is 12.1 Å². The minimum Gasteiger partial charge on any atom is -0.480 e. The number of amides is 3. The van der Waals surface area contributed by atoms with Crippen molar-refractivity contribution in [1.29, 1.82) is 0 Å². The van der Waals surface area contributed by atoms with E-state index in [0.29, 0.717) is 25.1 Å². The fourth-order valence-corrected chi connectivity index (χ4v) is 3.05. The first-order valence-corrected chi connectivity index (χ1v) is 11.4. The van der Waals surface area contributed by atoms with Crippen LogP contribution in [0.15, 0.2) is 22.5 Å². The third kappa shape index (κ3) is 13.3. The molecule has 0 fully saturated rings. The normalized spacial score (nSPS) is 12.9. The number of hydrogen-bond donors (Lipinski definition) is 10. The molecule has 3 unspecified atom stereocenters. The van der Waals surface area contributed by atoms with E-state index in [-0.39, 0.29) is 37.7 Å². The number of carbonyl (C=O) groups is 4. The predicted octanol–water partition coefficient (Wildman–Crippen LogP) is -4.44. The van der Waals surface area contributed by atoms with Crippen LogP contribution in [0, 0.1) is 0 Å². The SMILES string of the molecule is NC(N)=NCCCC(N)C(=O)NC(Cc1cnc[nH]1)C(=O)NCC(=O)NC(CCCN=C(N)N)C(=O)O. The second-order valence-electron chi connectivity index (χ2n) is 8.02. The highest BCUT2D eigenvalue weighted by atomic mass is 16.4. The molecule has 0 aliphatic rings. The number of hydrogen-bond acceptors (Lipinski definition) is 8. The predicted molar refractivity (Wildman–Crippen MR) is 135 cm³/mol. The number of aromatic amines is 1. The fourth-order valence-electron chi connectivity index (χ4n) is 3.05. The van der Waals surface area contributed by atoms with E-state index in [1.807, 2.05) is 0 Å². The van der Waals surface area contributed by atoms with Gasteiger partial charge < -0.3 is 54.7 Å². The highest BCUT2D eigenvalue weighted by molar-refractivity contribution is 5.92. The summed E-state index contributed by atoms with van der Waals surface area (Å²) in [7, 11) is 0. The third-order valence-corrected chi connectivity index (χ3v) is 4.92. The van der Waals surface area contributed by atoms with E-state index < -0.39 is 48.4 Å². The molecule has 1 heterocycles. The van der Waals surface area contributed by atoms with Crippen LogP contribution in [0.5, 0.6) is 0 Å². The second-order valence-corrected chi connectivity index (χ2v) is 8.02. The van der Waals surface area contributed by atoms with Gasteiger partial charge in [-0.1, -0.05) is 0 Å². The van der Waals surface area contributed by atoms with E-state index in [1.54, 1.807) is 0 Å². The van der Waals surface area contributed by atoms with Crippen LogP contribution in [-0.4, -0.2) is 88.4 Å². The molecule has 0 radical (unpaired) electrons. The summed E-state index contributed by atoms with van der Waals surface area (Å²) in [4.78, 5) is 63.3. The maximum Gasteiger partial charge on any atom is 0.326 e. The largest absolute Gasteiger partial charge is 0.480 e. The zero-order chi connectivity index (χ0) is 27.8. The summed E-state index contributed by atoms with van der Waals surface area (Å²) in [5.74, 6) is -3.43. The molecule has 17 heteroatoms. The Balaban J connectivity index is 2.67. The number of carbonyl (C=O) groups excluding carboxylic acids is 3. The van der Waals surface area contributed by atoms with Crippen LogP contribution in [-0.2, 0) is 25.6 Å².